The average Bonchev–Trinajstić information content (AvgIpc) is 2.72. The number of aromatic nitrogens is 2. The zero-order chi connectivity index (χ0) is 14.7. The van der Waals surface area contributed by atoms with Gasteiger partial charge in [-0.15, -0.1) is 0 Å². The van der Waals surface area contributed by atoms with E-state index in [9.17, 15) is 0 Å². The SMILES string of the molecule is Cc1nn(-c2ccccc2)c(C)c1C(C)CNC(C)C. The molecule has 1 N–H and O–H groups in total. The molecule has 20 heavy (non-hydrogen) atoms. The molecule has 1 aromatic carbocycles. The van der Waals surface area contributed by atoms with E-state index in [4.69, 9.17) is 5.10 Å². The van der Waals surface area contributed by atoms with Crippen LogP contribution in [0.25, 0.3) is 5.69 Å². The molecule has 0 bridgehead atoms. The molecule has 0 radical (unpaired) electrons. The van der Waals surface area contributed by atoms with Gasteiger partial charge in [-0.2, -0.15) is 5.10 Å². The van der Waals surface area contributed by atoms with Gasteiger partial charge in [0.25, 0.3) is 0 Å². The van der Waals surface area contributed by atoms with E-state index in [2.05, 4.69) is 68.9 Å². The number of hydrogen-bond donors (Lipinski definition) is 1. The molecule has 0 aliphatic heterocycles. The Morgan fingerprint density at radius 2 is 1.75 bits per heavy atom. The van der Waals surface area contributed by atoms with Gasteiger partial charge in [-0.05, 0) is 31.9 Å². The minimum Gasteiger partial charge on any atom is -0.314 e. The third kappa shape index (κ3) is 3.10. The van der Waals surface area contributed by atoms with Crippen molar-refractivity contribution in [1.29, 1.82) is 0 Å². The lowest BCUT2D eigenvalue weighted by atomic mass is 9.99. The van der Waals surface area contributed by atoms with E-state index in [0.29, 0.717) is 12.0 Å². The summed E-state index contributed by atoms with van der Waals surface area (Å²) in [5.74, 6) is 0.467. The van der Waals surface area contributed by atoms with Crippen LogP contribution in [-0.2, 0) is 0 Å². The summed E-state index contributed by atoms with van der Waals surface area (Å²) in [5, 5.41) is 8.23. The fourth-order valence-corrected chi connectivity index (χ4v) is 2.70. The van der Waals surface area contributed by atoms with Crippen molar-refractivity contribution in [1.82, 2.24) is 15.1 Å². The molecule has 0 saturated heterocycles. The Labute approximate surface area is 122 Å². The van der Waals surface area contributed by atoms with Gasteiger partial charge in [0.05, 0.1) is 11.4 Å². The van der Waals surface area contributed by atoms with Gasteiger partial charge in [-0.1, -0.05) is 39.0 Å². The van der Waals surface area contributed by atoms with Crippen LogP contribution < -0.4 is 5.32 Å². The summed E-state index contributed by atoms with van der Waals surface area (Å²) >= 11 is 0. The first-order valence-electron chi connectivity index (χ1n) is 7.35. The molecular weight excluding hydrogens is 246 g/mol. The van der Waals surface area contributed by atoms with E-state index in [0.717, 1.165) is 17.9 Å². The second-order valence-corrected chi connectivity index (χ2v) is 5.80. The second-order valence-electron chi connectivity index (χ2n) is 5.80. The number of rotatable bonds is 5. The van der Waals surface area contributed by atoms with E-state index in [-0.39, 0.29) is 0 Å². The largest absolute Gasteiger partial charge is 0.314 e. The van der Waals surface area contributed by atoms with Gasteiger partial charge in [0.1, 0.15) is 0 Å². The molecule has 1 heterocycles. The maximum Gasteiger partial charge on any atom is 0.0648 e. The van der Waals surface area contributed by atoms with Gasteiger partial charge in [-0.25, -0.2) is 4.68 Å². The summed E-state index contributed by atoms with van der Waals surface area (Å²) in [6.45, 7) is 11.9. The van der Waals surface area contributed by atoms with E-state index in [1.807, 2.05) is 6.07 Å². The zero-order valence-corrected chi connectivity index (χ0v) is 13.1. The van der Waals surface area contributed by atoms with Crippen LogP contribution in [0.2, 0.25) is 0 Å². The molecule has 1 atom stereocenters. The van der Waals surface area contributed by atoms with Crippen molar-refractivity contribution in [3.05, 3.63) is 47.3 Å². The quantitative estimate of drug-likeness (QED) is 0.900. The van der Waals surface area contributed by atoms with Crippen molar-refractivity contribution in [3.63, 3.8) is 0 Å². The smallest absolute Gasteiger partial charge is 0.0648 e. The number of hydrogen-bond acceptors (Lipinski definition) is 2. The molecule has 108 valence electrons. The molecule has 0 spiro atoms. The molecule has 3 nitrogen and oxygen atoms in total. The zero-order valence-electron chi connectivity index (χ0n) is 13.1. The Kier molecular flexibility index (Phi) is 4.61. The van der Waals surface area contributed by atoms with Crippen molar-refractivity contribution in [3.8, 4) is 5.69 Å². The third-order valence-electron chi connectivity index (χ3n) is 3.67. The highest BCUT2D eigenvalue weighted by Crippen LogP contribution is 2.25. The fourth-order valence-electron chi connectivity index (χ4n) is 2.70. The van der Waals surface area contributed by atoms with Crippen LogP contribution in [0, 0.1) is 13.8 Å². The molecule has 0 saturated carbocycles. The Balaban J connectivity index is 2.30. The van der Waals surface area contributed by atoms with Crippen LogP contribution in [0.1, 0.15) is 43.6 Å². The van der Waals surface area contributed by atoms with Crippen molar-refractivity contribution < 1.29 is 0 Å². The molecule has 0 aliphatic carbocycles. The van der Waals surface area contributed by atoms with Gasteiger partial charge < -0.3 is 5.32 Å². The first-order valence-corrected chi connectivity index (χ1v) is 7.35. The van der Waals surface area contributed by atoms with Gasteiger partial charge in [0.2, 0.25) is 0 Å². The highest BCUT2D eigenvalue weighted by Gasteiger charge is 2.18. The highest BCUT2D eigenvalue weighted by atomic mass is 15.3. The number of nitrogens with zero attached hydrogens (tertiary/aromatic N) is 2. The summed E-state index contributed by atoms with van der Waals surface area (Å²) in [5.41, 5.74) is 4.86. The Morgan fingerprint density at radius 3 is 2.35 bits per heavy atom. The van der Waals surface area contributed by atoms with E-state index >= 15 is 0 Å². The van der Waals surface area contributed by atoms with Crippen LogP contribution >= 0.6 is 0 Å². The molecular formula is C17H25N3. The first kappa shape index (κ1) is 14.8. The van der Waals surface area contributed by atoms with Crippen LogP contribution in [0.4, 0.5) is 0 Å². The molecule has 3 heteroatoms. The molecule has 2 rings (SSSR count). The Morgan fingerprint density at radius 1 is 1.10 bits per heavy atom. The molecule has 2 aromatic rings. The minimum atomic E-state index is 0.467. The second kappa shape index (κ2) is 6.23. The predicted octanol–water partition coefficient (Wildman–Crippen LogP) is 3.59. The normalized spacial score (nSPS) is 12.9. The summed E-state index contributed by atoms with van der Waals surface area (Å²) < 4.78 is 2.05. The predicted molar refractivity (Wildman–Crippen MR) is 84.6 cm³/mol. The van der Waals surface area contributed by atoms with Crippen LogP contribution in [0.3, 0.4) is 0 Å². The lowest BCUT2D eigenvalue weighted by molar-refractivity contribution is 0.546. The molecule has 0 amide bonds. The highest BCUT2D eigenvalue weighted by molar-refractivity contribution is 5.38. The van der Waals surface area contributed by atoms with Crippen LogP contribution in [0.15, 0.2) is 30.3 Å². The molecule has 1 unspecified atom stereocenters. The maximum absolute atomic E-state index is 4.72. The van der Waals surface area contributed by atoms with E-state index in [1.54, 1.807) is 0 Å². The molecule has 0 fully saturated rings. The van der Waals surface area contributed by atoms with E-state index < -0.39 is 0 Å². The van der Waals surface area contributed by atoms with Gasteiger partial charge >= 0.3 is 0 Å². The summed E-state index contributed by atoms with van der Waals surface area (Å²) in [6, 6.07) is 10.8. The van der Waals surface area contributed by atoms with Gasteiger partial charge in [0.15, 0.2) is 0 Å². The topological polar surface area (TPSA) is 29.9 Å². The fraction of sp³-hybridized carbons (Fsp3) is 0.471. The van der Waals surface area contributed by atoms with Crippen molar-refractivity contribution in [2.24, 2.45) is 0 Å². The van der Waals surface area contributed by atoms with E-state index in [1.165, 1.54) is 11.3 Å². The standard InChI is InChI=1S/C17H25N3/c1-12(2)18-11-13(3)17-14(4)19-20(15(17)5)16-9-7-6-8-10-16/h6-10,12-13,18H,11H2,1-5H3. The summed E-state index contributed by atoms with van der Waals surface area (Å²) in [4.78, 5) is 0. The van der Waals surface area contributed by atoms with Gasteiger partial charge in [0, 0.05) is 23.8 Å². The monoisotopic (exact) mass is 271 g/mol. The molecule has 1 aromatic heterocycles. The Hall–Kier alpha value is -1.61. The minimum absolute atomic E-state index is 0.467. The van der Waals surface area contributed by atoms with Crippen molar-refractivity contribution in [2.75, 3.05) is 6.54 Å². The van der Waals surface area contributed by atoms with Crippen LogP contribution in [-0.4, -0.2) is 22.4 Å². The number of nitrogens with one attached hydrogen (secondary N) is 1. The molecule has 0 aliphatic rings. The first-order chi connectivity index (χ1) is 9.50. The average molecular weight is 271 g/mol. The lowest BCUT2D eigenvalue weighted by Gasteiger charge is -2.16. The van der Waals surface area contributed by atoms with Gasteiger partial charge in [-0.3, -0.25) is 0 Å². The third-order valence-corrected chi connectivity index (χ3v) is 3.67. The van der Waals surface area contributed by atoms with Crippen LogP contribution in [0.5, 0.6) is 0 Å². The number of benzene rings is 1. The number of para-hydroxylation sites is 1. The van der Waals surface area contributed by atoms with Crippen molar-refractivity contribution in [2.45, 2.75) is 46.6 Å². The van der Waals surface area contributed by atoms with Crippen molar-refractivity contribution >= 4 is 0 Å². The maximum atomic E-state index is 4.72. The summed E-state index contributed by atoms with van der Waals surface area (Å²) in [6.07, 6.45) is 0. The Bertz CT molecular complexity index is 555. The number of aryl methyl sites for hydroxylation is 1. The lowest BCUT2D eigenvalue weighted by Crippen LogP contribution is -2.27. The summed E-state index contributed by atoms with van der Waals surface area (Å²) in [7, 11) is 0.